The molecule has 2 aromatic rings. The van der Waals surface area contributed by atoms with Crippen molar-refractivity contribution >= 4 is 23.1 Å². The van der Waals surface area contributed by atoms with Gasteiger partial charge in [0.2, 0.25) is 5.91 Å². The molecule has 1 aliphatic heterocycles. The van der Waals surface area contributed by atoms with E-state index in [1.165, 1.54) is 12.1 Å². The molecule has 2 aliphatic rings. The van der Waals surface area contributed by atoms with Gasteiger partial charge in [0, 0.05) is 47.8 Å². The van der Waals surface area contributed by atoms with Crippen LogP contribution in [0, 0.1) is 17.0 Å². The number of Topliss-reactive ketones (excluding diaryl/α,β-unsaturated/α-hetero) is 1. The summed E-state index contributed by atoms with van der Waals surface area (Å²) in [5.74, 6) is -0.493. The van der Waals surface area contributed by atoms with Crippen molar-refractivity contribution in [2.45, 2.75) is 38.5 Å². The lowest BCUT2D eigenvalue weighted by Gasteiger charge is -2.38. The first-order chi connectivity index (χ1) is 13.5. The maximum atomic E-state index is 13.1. The summed E-state index contributed by atoms with van der Waals surface area (Å²) in [6.45, 7) is 1.98. The van der Waals surface area contributed by atoms with Crippen LogP contribution >= 0.6 is 0 Å². The molecule has 0 fully saturated rings. The molecule has 1 aliphatic carbocycles. The van der Waals surface area contributed by atoms with E-state index in [9.17, 15) is 19.7 Å². The van der Waals surface area contributed by atoms with Gasteiger partial charge in [0.05, 0.1) is 4.92 Å². The van der Waals surface area contributed by atoms with Crippen LogP contribution in [0.1, 0.15) is 42.7 Å². The Hall–Kier alpha value is -3.28. The summed E-state index contributed by atoms with van der Waals surface area (Å²) in [7, 11) is 0. The molecule has 6 nitrogen and oxygen atoms in total. The lowest BCUT2D eigenvalue weighted by Crippen LogP contribution is -2.40. The SMILES string of the molecule is Cc1ccc(N2C(=O)C[C@@H](c3cccc([N+](=O)[O-])c3)C3=C2CCCC3=O)cc1. The van der Waals surface area contributed by atoms with E-state index >= 15 is 0 Å². The van der Waals surface area contributed by atoms with Crippen LogP contribution < -0.4 is 4.90 Å². The van der Waals surface area contributed by atoms with Crippen molar-refractivity contribution in [3.8, 4) is 0 Å². The van der Waals surface area contributed by atoms with E-state index in [2.05, 4.69) is 0 Å². The first-order valence-corrected chi connectivity index (χ1v) is 9.36. The second kappa shape index (κ2) is 7.03. The van der Waals surface area contributed by atoms with Gasteiger partial charge < -0.3 is 0 Å². The molecule has 0 saturated heterocycles. The average molecular weight is 376 g/mol. The fourth-order valence-electron chi connectivity index (χ4n) is 4.13. The molecule has 1 atom stereocenters. The number of anilines is 1. The number of ketones is 1. The minimum atomic E-state index is -0.454. The van der Waals surface area contributed by atoms with Crippen LogP contribution in [-0.4, -0.2) is 16.6 Å². The number of rotatable bonds is 3. The van der Waals surface area contributed by atoms with Crippen molar-refractivity contribution in [1.82, 2.24) is 0 Å². The van der Waals surface area contributed by atoms with Gasteiger partial charge in [-0.1, -0.05) is 29.8 Å². The highest BCUT2D eigenvalue weighted by Crippen LogP contribution is 2.43. The minimum absolute atomic E-state index is 0.0300. The number of aryl methyl sites for hydroxylation is 1. The number of benzene rings is 2. The second-order valence-electron chi connectivity index (χ2n) is 7.31. The van der Waals surface area contributed by atoms with Gasteiger partial charge in [0.1, 0.15) is 0 Å². The molecule has 28 heavy (non-hydrogen) atoms. The first-order valence-electron chi connectivity index (χ1n) is 9.36. The number of hydrogen-bond donors (Lipinski definition) is 0. The van der Waals surface area contributed by atoms with Crippen LogP contribution in [-0.2, 0) is 9.59 Å². The summed E-state index contributed by atoms with van der Waals surface area (Å²) < 4.78 is 0. The number of nitro groups is 1. The van der Waals surface area contributed by atoms with Crippen LogP contribution in [0.4, 0.5) is 11.4 Å². The minimum Gasteiger partial charge on any atom is -0.294 e. The number of nitro benzene ring substituents is 1. The molecule has 0 aromatic heterocycles. The Bertz CT molecular complexity index is 1010. The molecule has 0 saturated carbocycles. The van der Waals surface area contributed by atoms with Gasteiger partial charge in [-0.3, -0.25) is 24.6 Å². The number of non-ortho nitro benzene ring substituents is 1. The number of amides is 1. The molecular formula is C22H20N2O4. The third kappa shape index (κ3) is 3.11. The van der Waals surface area contributed by atoms with Gasteiger partial charge in [-0.2, -0.15) is 0 Å². The number of nitrogens with zero attached hydrogens (tertiary/aromatic N) is 2. The zero-order valence-corrected chi connectivity index (χ0v) is 15.6. The largest absolute Gasteiger partial charge is 0.294 e. The Morgan fingerprint density at radius 3 is 2.54 bits per heavy atom. The molecule has 142 valence electrons. The van der Waals surface area contributed by atoms with Crippen LogP contribution in [0.5, 0.6) is 0 Å². The van der Waals surface area contributed by atoms with Gasteiger partial charge in [0.15, 0.2) is 5.78 Å². The maximum Gasteiger partial charge on any atom is 0.269 e. The highest BCUT2D eigenvalue weighted by molar-refractivity contribution is 6.07. The van der Waals surface area contributed by atoms with Crippen LogP contribution in [0.25, 0.3) is 0 Å². The fourth-order valence-corrected chi connectivity index (χ4v) is 4.13. The van der Waals surface area contributed by atoms with E-state index in [0.29, 0.717) is 30.4 Å². The number of carbonyl (C=O) groups excluding carboxylic acids is 2. The molecule has 0 N–H and O–H groups in total. The Labute approximate surface area is 162 Å². The van der Waals surface area contributed by atoms with Crippen molar-refractivity contribution < 1.29 is 14.5 Å². The molecule has 6 heteroatoms. The molecule has 4 rings (SSSR count). The van der Waals surface area contributed by atoms with Crippen molar-refractivity contribution in [1.29, 1.82) is 0 Å². The molecule has 1 amide bonds. The maximum absolute atomic E-state index is 13.1. The topological polar surface area (TPSA) is 80.5 Å². The van der Waals surface area contributed by atoms with Crippen LogP contribution in [0.2, 0.25) is 0 Å². The zero-order chi connectivity index (χ0) is 19.8. The van der Waals surface area contributed by atoms with Crippen LogP contribution in [0.15, 0.2) is 59.8 Å². The van der Waals surface area contributed by atoms with Gasteiger partial charge in [-0.15, -0.1) is 0 Å². The lowest BCUT2D eigenvalue weighted by molar-refractivity contribution is -0.384. The molecule has 0 spiro atoms. The predicted molar refractivity (Wildman–Crippen MR) is 105 cm³/mol. The quantitative estimate of drug-likeness (QED) is 0.586. The molecule has 1 heterocycles. The Kier molecular flexibility index (Phi) is 4.55. The lowest BCUT2D eigenvalue weighted by atomic mass is 9.77. The third-order valence-corrected chi connectivity index (χ3v) is 5.45. The Balaban J connectivity index is 1.84. The highest BCUT2D eigenvalue weighted by atomic mass is 16.6. The van der Waals surface area contributed by atoms with E-state index in [1.807, 2.05) is 31.2 Å². The standard InChI is InChI=1S/C22H20N2O4/c1-14-8-10-16(11-9-14)23-19-6-3-7-20(25)22(19)18(13-21(23)26)15-4-2-5-17(12-15)24(27)28/h2,4-5,8-12,18H,3,6-7,13H2,1H3/t18-/m0/s1. The van der Waals surface area contributed by atoms with Crippen LogP contribution in [0.3, 0.4) is 0 Å². The Morgan fingerprint density at radius 2 is 1.82 bits per heavy atom. The zero-order valence-electron chi connectivity index (χ0n) is 15.6. The monoisotopic (exact) mass is 376 g/mol. The second-order valence-corrected chi connectivity index (χ2v) is 7.31. The van der Waals surface area contributed by atoms with Gasteiger partial charge in [-0.25, -0.2) is 0 Å². The first kappa shape index (κ1) is 18.1. The van der Waals surface area contributed by atoms with Gasteiger partial charge >= 0.3 is 0 Å². The summed E-state index contributed by atoms with van der Waals surface area (Å²) in [4.78, 5) is 38.3. The summed E-state index contributed by atoms with van der Waals surface area (Å²) in [6, 6.07) is 13.9. The summed E-state index contributed by atoms with van der Waals surface area (Å²) in [6.07, 6.45) is 1.92. The van der Waals surface area contributed by atoms with E-state index in [-0.39, 0.29) is 23.8 Å². The number of carbonyl (C=O) groups is 2. The molecule has 0 unspecified atom stereocenters. The average Bonchev–Trinajstić information content (AvgIpc) is 2.68. The summed E-state index contributed by atoms with van der Waals surface area (Å²) in [5, 5.41) is 11.2. The number of allylic oxidation sites excluding steroid dienone is 2. The van der Waals surface area contributed by atoms with E-state index in [1.54, 1.807) is 17.0 Å². The van der Waals surface area contributed by atoms with Gasteiger partial charge in [0.25, 0.3) is 5.69 Å². The highest BCUT2D eigenvalue weighted by Gasteiger charge is 2.39. The van der Waals surface area contributed by atoms with Crippen molar-refractivity contribution in [3.05, 3.63) is 81.0 Å². The predicted octanol–water partition coefficient (Wildman–Crippen LogP) is 4.43. The summed E-state index contributed by atoms with van der Waals surface area (Å²) in [5.41, 5.74) is 3.84. The van der Waals surface area contributed by atoms with E-state index in [4.69, 9.17) is 0 Å². The summed E-state index contributed by atoms with van der Waals surface area (Å²) >= 11 is 0. The molecular weight excluding hydrogens is 356 g/mol. The third-order valence-electron chi connectivity index (χ3n) is 5.45. The molecule has 0 radical (unpaired) electrons. The van der Waals surface area contributed by atoms with E-state index < -0.39 is 10.8 Å². The normalized spacial score (nSPS) is 19.6. The van der Waals surface area contributed by atoms with Crippen molar-refractivity contribution in [2.24, 2.45) is 0 Å². The Morgan fingerprint density at radius 1 is 1.07 bits per heavy atom. The fraction of sp³-hybridized carbons (Fsp3) is 0.273. The van der Waals surface area contributed by atoms with Gasteiger partial charge in [-0.05, 0) is 37.5 Å². The molecule has 0 bridgehead atoms. The van der Waals surface area contributed by atoms with Crippen molar-refractivity contribution in [2.75, 3.05) is 4.90 Å². The smallest absolute Gasteiger partial charge is 0.269 e. The van der Waals surface area contributed by atoms with E-state index in [0.717, 1.165) is 16.9 Å². The molecule has 2 aromatic carbocycles. The number of hydrogen-bond acceptors (Lipinski definition) is 4. The van der Waals surface area contributed by atoms with Crippen molar-refractivity contribution in [3.63, 3.8) is 0 Å².